The molecule has 0 atom stereocenters. The van der Waals surface area contributed by atoms with Gasteiger partial charge in [0.1, 0.15) is 23.2 Å². The number of nitriles is 1. The van der Waals surface area contributed by atoms with Crippen molar-refractivity contribution in [3.05, 3.63) is 65.4 Å². The van der Waals surface area contributed by atoms with Crippen molar-refractivity contribution >= 4 is 5.82 Å². The molecule has 0 unspecified atom stereocenters. The van der Waals surface area contributed by atoms with E-state index in [2.05, 4.69) is 31.0 Å². The highest BCUT2D eigenvalue weighted by Gasteiger charge is 2.20. The van der Waals surface area contributed by atoms with Crippen molar-refractivity contribution in [3.63, 3.8) is 0 Å². The standard InChI is InChI=1S/C23H23N3O/c1-14(2)17-11-18(15(3)10-21(17)27-4)22-19(12-24)23(25)26-13-20(22)16-8-6-5-7-9-16/h5-11,13-14H,1-4H3,(H2,25,26). The number of nitrogens with two attached hydrogens (primary N) is 1. The van der Waals surface area contributed by atoms with Crippen molar-refractivity contribution in [2.75, 3.05) is 12.8 Å². The number of ether oxygens (including phenoxy) is 1. The second-order valence-electron chi connectivity index (χ2n) is 6.85. The molecule has 1 heterocycles. The Bertz CT molecular complexity index is 1020. The van der Waals surface area contributed by atoms with Gasteiger partial charge < -0.3 is 10.5 Å². The molecule has 0 spiro atoms. The summed E-state index contributed by atoms with van der Waals surface area (Å²) in [5.74, 6) is 1.38. The fourth-order valence-electron chi connectivity index (χ4n) is 3.35. The summed E-state index contributed by atoms with van der Waals surface area (Å²) < 4.78 is 5.57. The van der Waals surface area contributed by atoms with Gasteiger partial charge in [-0.3, -0.25) is 0 Å². The summed E-state index contributed by atoms with van der Waals surface area (Å²) >= 11 is 0. The second kappa shape index (κ2) is 7.51. The number of nitrogens with zero attached hydrogens (tertiary/aromatic N) is 2. The molecular formula is C23H23N3O. The van der Waals surface area contributed by atoms with Crippen molar-refractivity contribution in [3.8, 4) is 34.1 Å². The van der Waals surface area contributed by atoms with Crippen LogP contribution in [-0.4, -0.2) is 12.1 Å². The van der Waals surface area contributed by atoms with Crippen LogP contribution < -0.4 is 10.5 Å². The maximum absolute atomic E-state index is 9.81. The lowest BCUT2D eigenvalue weighted by Crippen LogP contribution is -2.02. The molecule has 0 saturated heterocycles. The van der Waals surface area contributed by atoms with Crippen LogP contribution in [0.1, 0.15) is 36.5 Å². The van der Waals surface area contributed by atoms with E-state index < -0.39 is 0 Å². The van der Waals surface area contributed by atoms with Crippen LogP contribution in [-0.2, 0) is 0 Å². The molecule has 3 rings (SSSR count). The van der Waals surface area contributed by atoms with Gasteiger partial charge >= 0.3 is 0 Å². The number of methoxy groups -OCH3 is 1. The van der Waals surface area contributed by atoms with Gasteiger partial charge in [-0.2, -0.15) is 5.26 Å². The Morgan fingerprint density at radius 1 is 1.11 bits per heavy atom. The third-order valence-corrected chi connectivity index (χ3v) is 4.77. The minimum absolute atomic E-state index is 0.244. The highest BCUT2D eigenvalue weighted by molar-refractivity contribution is 5.91. The molecular weight excluding hydrogens is 334 g/mol. The van der Waals surface area contributed by atoms with E-state index in [1.165, 1.54) is 0 Å². The van der Waals surface area contributed by atoms with Crippen molar-refractivity contribution < 1.29 is 4.74 Å². The monoisotopic (exact) mass is 357 g/mol. The van der Waals surface area contributed by atoms with E-state index in [1.807, 2.05) is 43.3 Å². The minimum atomic E-state index is 0.244. The van der Waals surface area contributed by atoms with Gasteiger partial charge in [0.15, 0.2) is 0 Å². The lowest BCUT2D eigenvalue weighted by Gasteiger charge is -2.19. The molecule has 1 aromatic heterocycles. The summed E-state index contributed by atoms with van der Waals surface area (Å²) in [6.45, 7) is 6.27. The molecule has 0 saturated carbocycles. The van der Waals surface area contributed by atoms with Crippen LogP contribution in [0.3, 0.4) is 0 Å². The van der Waals surface area contributed by atoms with Gasteiger partial charge in [0.25, 0.3) is 0 Å². The smallest absolute Gasteiger partial charge is 0.141 e. The Kier molecular flexibility index (Phi) is 5.14. The Morgan fingerprint density at radius 2 is 1.81 bits per heavy atom. The molecule has 0 fully saturated rings. The first-order valence-electron chi connectivity index (χ1n) is 8.90. The zero-order valence-corrected chi connectivity index (χ0v) is 16.1. The number of rotatable bonds is 4. The van der Waals surface area contributed by atoms with Gasteiger partial charge in [-0.25, -0.2) is 4.98 Å². The number of pyridine rings is 1. The highest BCUT2D eigenvalue weighted by atomic mass is 16.5. The zero-order chi connectivity index (χ0) is 19.6. The Morgan fingerprint density at radius 3 is 2.41 bits per heavy atom. The summed E-state index contributed by atoms with van der Waals surface area (Å²) in [5.41, 5.74) is 12.3. The third-order valence-electron chi connectivity index (χ3n) is 4.77. The van der Waals surface area contributed by atoms with Crippen LogP contribution in [0, 0.1) is 18.3 Å². The molecule has 0 amide bonds. The zero-order valence-electron chi connectivity index (χ0n) is 16.1. The molecule has 27 heavy (non-hydrogen) atoms. The molecule has 136 valence electrons. The SMILES string of the molecule is COc1cc(C)c(-c2c(-c3ccccc3)cnc(N)c2C#N)cc1C(C)C. The molecule has 2 N–H and O–H groups in total. The van der Waals surface area contributed by atoms with Crippen molar-refractivity contribution in [2.45, 2.75) is 26.7 Å². The predicted octanol–water partition coefficient (Wildman–Crippen LogP) is 5.31. The van der Waals surface area contributed by atoms with Crippen molar-refractivity contribution in [1.82, 2.24) is 4.98 Å². The topological polar surface area (TPSA) is 71.9 Å². The van der Waals surface area contributed by atoms with E-state index in [9.17, 15) is 5.26 Å². The highest BCUT2D eigenvalue weighted by Crippen LogP contribution is 2.41. The Hall–Kier alpha value is -3.32. The Balaban J connectivity index is 2.39. The average molecular weight is 357 g/mol. The maximum Gasteiger partial charge on any atom is 0.141 e. The summed E-state index contributed by atoms with van der Waals surface area (Å²) in [7, 11) is 1.68. The Labute approximate surface area is 160 Å². The van der Waals surface area contributed by atoms with Crippen LogP contribution in [0.2, 0.25) is 0 Å². The van der Waals surface area contributed by atoms with Crippen LogP contribution in [0.15, 0.2) is 48.7 Å². The summed E-state index contributed by atoms with van der Waals surface area (Å²) in [5, 5.41) is 9.81. The van der Waals surface area contributed by atoms with Crippen LogP contribution in [0.25, 0.3) is 22.3 Å². The average Bonchev–Trinajstić information content (AvgIpc) is 2.68. The molecule has 3 aromatic rings. The fraction of sp³-hybridized carbons (Fsp3) is 0.217. The maximum atomic E-state index is 9.81. The molecule has 0 aliphatic carbocycles. The van der Waals surface area contributed by atoms with E-state index in [4.69, 9.17) is 10.5 Å². The summed E-state index contributed by atoms with van der Waals surface area (Å²) in [6, 6.07) is 16.3. The van der Waals surface area contributed by atoms with E-state index in [1.54, 1.807) is 13.3 Å². The van der Waals surface area contributed by atoms with Gasteiger partial charge in [0.05, 0.1) is 7.11 Å². The lowest BCUT2D eigenvalue weighted by molar-refractivity contribution is 0.407. The van der Waals surface area contributed by atoms with E-state index >= 15 is 0 Å². The van der Waals surface area contributed by atoms with Crippen LogP contribution in [0.5, 0.6) is 5.75 Å². The van der Waals surface area contributed by atoms with E-state index in [-0.39, 0.29) is 11.7 Å². The molecule has 4 heteroatoms. The van der Waals surface area contributed by atoms with Gasteiger partial charge in [0.2, 0.25) is 0 Å². The molecule has 0 radical (unpaired) electrons. The van der Waals surface area contributed by atoms with Crippen LogP contribution in [0.4, 0.5) is 5.82 Å². The number of anilines is 1. The number of hydrogen-bond acceptors (Lipinski definition) is 4. The van der Waals surface area contributed by atoms with E-state index in [0.717, 1.165) is 39.1 Å². The largest absolute Gasteiger partial charge is 0.496 e. The summed E-state index contributed by atoms with van der Waals surface area (Å²) in [4.78, 5) is 4.26. The lowest BCUT2D eigenvalue weighted by atomic mass is 9.87. The first-order valence-corrected chi connectivity index (χ1v) is 8.90. The predicted molar refractivity (Wildman–Crippen MR) is 110 cm³/mol. The number of benzene rings is 2. The number of aromatic nitrogens is 1. The number of nitrogen functional groups attached to an aromatic ring is 1. The quantitative estimate of drug-likeness (QED) is 0.687. The molecule has 0 aliphatic rings. The van der Waals surface area contributed by atoms with Crippen LogP contribution >= 0.6 is 0 Å². The fourth-order valence-corrected chi connectivity index (χ4v) is 3.35. The van der Waals surface area contributed by atoms with Crippen molar-refractivity contribution in [2.24, 2.45) is 0 Å². The van der Waals surface area contributed by atoms with Gasteiger partial charge in [-0.05, 0) is 47.2 Å². The molecule has 0 bridgehead atoms. The van der Waals surface area contributed by atoms with Gasteiger partial charge in [0, 0.05) is 17.3 Å². The molecule has 2 aromatic carbocycles. The van der Waals surface area contributed by atoms with Gasteiger partial charge in [-0.1, -0.05) is 44.2 Å². The third kappa shape index (κ3) is 3.37. The first-order chi connectivity index (χ1) is 13.0. The van der Waals surface area contributed by atoms with Gasteiger partial charge in [-0.15, -0.1) is 0 Å². The second-order valence-corrected chi connectivity index (χ2v) is 6.85. The summed E-state index contributed by atoms with van der Waals surface area (Å²) in [6.07, 6.45) is 1.75. The van der Waals surface area contributed by atoms with Crippen molar-refractivity contribution in [1.29, 1.82) is 5.26 Å². The molecule has 4 nitrogen and oxygen atoms in total. The first kappa shape index (κ1) is 18.5. The normalized spacial score (nSPS) is 10.7. The van der Waals surface area contributed by atoms with E-state index in [0.29, 0.717) is 5.56 Å². The minimum Gasteiger partial charge on any atom is -0.496 e. The molecule has 0 aliphatic heterocycles. The number of hydrogen-bond donors (Lipinski definition) is 1. The number of aryl methyl sites for hydroxylation is 1.